The molecule has 7 heteroatoms. The SMILES string of the molecule is O=C(c1cnn2cccnc12)N1CCC[C@@H]1Cn1cccn1. The number of nitrogens with zero attached hydrogens (tertiary/aromatic N) is 6. The van der Waals surface area contributed by atoms with Crippen molar-refractivity contribution in [2.75, 3.05) is 6.54 Å². The molecule has 0 aromatic carbocycles. The van der Waals surface area contributed by atoms with Gasteiger partial charge in [0.15, 0.2) is 5.65 Å². The Morgan fingerprint density at radius 3 is 3.00 bits per heavy atom. The molecule has 0 aliphatic carbocycles. The van der Waals surface area contributed by atoms with Crippen molar-refractivity contribution in [3.05, 3.63) is 48.7 Å². The molecule has 3 aromatic rings. The minimum atomic E-state index is 0.00311. The second-order valence-corrected chi connectivity index (χ2v) is 5.47. The second-order valence-electron chi connectivity index (χ2n) is 5.47. The first-order valence-electron chi connectivity index (χ1n) is 7.40. The molecular weight excluding hydrogens is 280 g/mol. The summed E-state index contributed by atoms with van der Waals surface area (Å²) in [6.07, 6.45) is 10.8. The first kappa shape index (κ1) is 13.0. The zero-order valence-corrected chi connectivity index (χ0v) is 12.0. The first-order valence-corrected chi connectivity index (χ1v) is 7.40. The summed E-state index contributed by atoms with van der Waals surface area (Å²) in [6, 6.07) is 3.87. The van der Waals surface area contributed by atoms with Gasteiger partial charge in [0, 0.05) is 31.3 Å². The van der Waals surface area contributed by atoms with Crippen LogP contribution in [0.15, 0.2) is 43.1 Å². The van der Waals surface area contributed by atoms with Crippen molar-refractivity contribution in [3.8, 4) is 0 Å². The van der Waals surface area contributed by atoms with E-state index in [9.17, 15) is 4.79 Å². The van der Waals surface area contributed by atoms with Crippen LogP contribution in [-0.2, 0) is 6.54 Å². The van der Waals surface area contributed by atoms with Gasteiger partial charge in [-0.2, -0.15) is 10.2 Å². The van der Waals surface area contributed by atoms with E-state index in [0.717, 1.165) is 25.9 Å². The molecule has 0 bridgehead atoms. The summed E-state index contributed by atoms with van der Waals surface area (Å²) in [7, 11) is 0. The second kappa shape index (κ2) is 5.25. The zero-order valence-electron chi connectivity index (χ0n) is 12.0. The molecule has 0 N–H and O–H groups in total. The van der Waals surface area contributed by atoms with Gasteiger partial charge in [-0.15, -0.1) is 0 Å². The number of carbonyl (C=O) groups is 1. The smallest absolute Gasteiger partial charge is 0.259 e. The Morgan fingerprint density at radius 1 is 1.23 bits per heavy atom. The monoisotopic (exact) mass is 296 g/mol. The fraction of sp³-hybridized carbons (Fsp3) is 0.333. The molecule has 7 nitrogen and oxygen atoms in total. The standard InChI is InChI=1S/C15H16N6O/c22-15(13-10-18-21-9-2-5-16-14(13)21)20-8-1-4-12(20)11-19-7-3-6-17-19/h2-3,5-7,9-10,12H,1,4,8,11H2/t12-/m1/s1. The lowest BCUT2D eigenvalue weighted by atomic mass is 10.2. The summed E-state index contributed by atoms with van der Waals surface area (Å²) in [6.45, 7) is 1.50. The summed E-state index contributed by atoms with van der Waals surface area (Å²) in [5.41, 5.74) is 1.17. The molecule has 0 radical (unpaired) electrons. The lowest BCUT2D eigenvalue weighted by molar-refractivity contribution is 0.0723. The molecule has 1 aliphatic heterocycles. The quantitative estimate of drug-likeness (QED) is 0.729. The summed E-state index contributed by atoms with van der Waals surface area (Å²) >= 11 is 0. The summed E-state index contributed by atoms with van der Waals surface area (Å²) in [5, 5.41) is 8.44. The van der Waals surface area contributed by atoms with Gasteiger partial charge in [0.1, 0.15) is 5.56 Å². The maximum absolute atomic E-state index is 12.9. The highest BCUT2D eigenvalue weighted by Crippen LogP contribution is 2.22. The van der Waals surface area contributed by atoms with Crippen LogP contribution in [0.3, 0.4) is 0 Å². The zero-order chi connectivity index (χ0) is 14.9. The van der Waals surface area contributed by atoms with Gasteiger partial charge in [-0.05, 0) is 25.0 Å². The highest BCUT2D eigenvalue weighted by Gasteiger charge is 2.31. The van der Waals surface area contributed by atoms with Crippen LogP contribution in [0, 0.1) is 0 Å². The van der Waals surface area contributed by atoms with Gasteiger partial charge in [0.25, 0.3) is 5.91 Å². The summed E-state index contributed by atoms with van der Waals surface area (Å²) in [4.78, 5) is 19.1. The van der Waals surface area contributed by atoms with Gasteiger partial charge in [-0.25, -0.2) is 9.50 Å². The minimum Gasteiger partial charge on any atom is -0.334 e. The molecule has 0 saturated carbocycles. The molecule has 3 aromatic heterocycles. The number of aromatic nitrogens is 5. The van der Waals surface area contributed by atoms with Crippen molar-refractivity contribution in [2.45, 2.75) is 25.4 Å². The Kier molecular flexibility index (Phi) is 3.10. The van der Waals surface area contributed by atoms with Crippen molar-refractivity contribution >= 4 is 11.6 Å². The van der Waals surface area contributed by atoms with Crippen LogP contribution in [0.4, 0.5) is 0 Å². The third kappa shape index (κ3) is 2.14. The highest BCUT2D eigenvalue weighted by atomic mass is 16.2. The van der Waals surface area contributed by atoms with E-state index in [0.29, 0.717) is 11.2 Å². The maximum atomic E-state index is 12.9. The number of rotatable bonds is 3. The molecule has 0 spiro atoms. The largest absolute Gasteiger partial charge is 0.334 e. The van der Waals surface area contributed by atoms with E-state index in [1.807, 2.05) is 21.8 Å². The van der Waals surface area contributed by atoms with Gasteiger partial charge in [-0.3, -0.25) is 9.48 Å². The van der Waals surface area contributed by atoms with Crippen LogP contribution >= 0.6 is 0 Å². The lowest BCUT2D eigenvalue weighted by Gasteiger charge is -2.24. The molecule has 1 fully saturated rings. The van der Waals surface area contributed by atoms with Crippen LogP contribution < -0.4 is 0 Å². The summed E-state index contributed by atoms with van der Waals surface area (Å²) in [5.74, 6) is 0.00311. The van der Waals surface area contributed by atoms with Gasteiger partial charge < -0.3 is 4.90 Å². The predicted octanol–water partition coefficient (Wildman–Crippen LogP) is 1.23. The molecule has 4 heterocycles. The molecule has 22 heavy (non-hydrogen) atoms. The van der Waals surface area contributed by atoms with Gasteiger partial charge >= 0.3 is 0 Å². The molecular formula is C15H16N6O. The molecule has 1 amide bonds. The third-order valence-corrected chi connectivity index (χ3v) is 4.10. The van der Waals surface area contributed by atoms with Crippen molar-refractivity contribution < 1.29 is 4.79 Å². The lowest BCUT2D eigenvalue weighted by Crippen LogP contribution is -2.38. The normalized spacial score (nSPS) is 18.2. The average molecular weight is 296 g/mol. The molecule has 112 valence electrons. The number of amides is 1. The van der Waals surface area contributed by atoms with Crippen molar-refractivity contribution in [3.63, 3.8) is 0 Å². The fourth-order valence-electron chi connectivity index (χ4n) is 3.05. The number of likely N-dealkylation sites (tertiary alicyclic amines) is 1. The van der Waals surface area contributed by atoms with Crippen LogP contribution in [-0.4, -0.2) is 47.8 Å². The maximum Gasteiger partial charge on any atom is 0.259 e. The van der Waals surface area contributed by atoms with Crippen LogP contribution in [0.25, 0.3) is 5.65 Å². The predicted molar refractivity (Wildman–Crippen MR) is 79.3 cm³/mol. The van der Waals surface area contributed by atoms with Crippen molar-refractivity contribution in [2.24, 2.45) is 0 Å². The summed E-state index contributed by atoms with van der Waals surface area (Å²) < 4.78 is 3.51. The first-order chi connectivity index (χ1) is 10.8. The van der Waals surface area contributed by atoms with E-state index in [1.165, 1.54) is 0 Å². The Morgan fingerprint density at radius 2 is 2.14 bits per heavy atom. The highest BCUT2D eigenvalue weighted by molar-refractivity contribution is 5.99. The van der Waals surface area contributed by atoms with Crippen molar-refractivity contribution in [1.29, 1.82) is 0 Å². The topological polar surface area (TPSA) is 68.3 Å². The fourth-order valence-corrected chi connectivity index (χ4v) is 3.05. The minimum absolute atomic E-state index is 0.00311. The number of carbonyl (C=O) groups excluding carboxylic acids is 1. The Balaban J connectivity index is 1.61. The average Bonchev–Trinajstić information content (AvgIpc) is 3.27. The van der Waals surface area contributed by atoms with Gasteiger partial charge in [-0.1, -0.05) is 0 Å². The van der Waals surface area contributed by atoms with E-state index < -0.39 is 0 Å². The van der Waals surface area contributed by atoms with E-state index in [4.69, 9.17) is 0 Å². The molecule has 4 rings (SSSR count). The number of hydrogen-bond donors (Lipinski definition) is 0. The van der Waals surface area contributed by atoms with E-state index >= 15 is 0 Å². The van der Waals surface area contributed by atoms with E-state index in [2.05, 4.69) is 15.2 Å². The van der Waals surface area contributed by atoms with Gasteiger partial charge in [0.05, 0.1) is 18.8 Å². The third-order valence-electron chi connectivity index (χ3n) is 4.10. The molecule has 1 saturated heterocycles. The molecule has 1 atom stereocenters. The molecule has 1 aliphatic rings. The van der Waals surface area contributed by atoms with E-state index in [1.54, 1.807) is 35.4 Å². The van der Waals surface area contributed by atoms with Crippen molar-refractivity contribution in [1.82, 2.24) is 29.3 Å². The number of hydrogen-bond acceptors (Lipinski definition) is 4. The Bertz CT molecular complexity index is 793. The van der Waals surface area contributed by atoms with Crippen LogP contribution in [0.5, 0.6) is 0 Å². The Labute approximate surface area is 127 Å². The van der Waals surface area contributed by atoms with E-state index in [-0.39, 0.29) is 11.9 Å². The Hall–Kier alpha value is -2.70. The molecule has 0 unspecified atom stereocenters. The number of fused-ring (bicyclic) bond motifs is 1. The van der Waals surface area contributed by atoms with Crippen LogP contribution in [0.1, 0.15) is 23.2 Å². The van der Waals surface area contributed by atoms with Gasteiger partial charge in [0.2, 0.25) is 0 Å². The van der Waals surface area contributed by atoms with Crippen LogP contribution in [0.2, 0.25) is 0 Å².